The molecule has 1 aromatic heterocycles. The fourth-order valence-electron chi connectivity index (χ4n) is 2.93. The average Bonchev–Trinajstić information content (AvgIpc) is 3.14. The molecule has 2 aromatic carbocycles. The minimum atomic E-state index is -0.522. The Bertz CT molecular complexity index is 1040. The molecule has 31 heavy (non-hydrogen) atoms. The molecule has 0 saturated carbocycles. The number of anilines is 1. The highest BCUT2D eigenvalue weighted by Gasteiger charge is 2.17. The van der Waals surface area contributed by atoms with Crippen LogP contribution in [-0.2, 0) is 11.3 Å². The van der Waals surface area contributed by atoms with Crippen molar-refractivity contribution in [3.8, 4) is 11.4 Å². The summed E-state index contributed by atoms with van der Waals surface area (Å²) in [6.45, 7) is 6.32. The third-order valence-electron chi connectivity index (χ3n) is 4.42. The number of nitrogens with zero attached hydrogens (tertiary/aromatic N) is 2. The number of hydrogen-bond donors (Lipinski definition) is 2. The lowest BCUT2D eigenvalue weighted by Crippen LogP contribution is -2.22. The second-order valence-electron chi connectivity index (χ2n) is 7.12. The molecule has 0 atom stereocenters. The van der Waals surface area contributed by atoms with E-state index >= 15 is 0 Å². The predicted molar refractivity (Wildman–Crippen MR) is 117 cm³/mol. The Balaban J connectivity index is 1.62. The van der Waals surface area contributed by atoms with E-state index in [0.29, 0.717) is 17.8 Å². The zero-order chi connectivity index (χ0) is 22.4. The van der Waals surface area contributed by atoms with Gasteiger partial charge in [-0.15, -0.1) is 0 Å². The third-order valence-corrected chi connectivity index (χ3v) is 4.42. The molecule has 0 aliphatic heterocycles. The number of ether oxygens (including phenoxy) is 2. The molecule has 1 amide bonds. The van der Waals surface area contributed by atoms with Gasteiger partial charge < -0.3 is 20.5 Å². The normalized spacial score (nSPS) is 10.7. The van der Waals surface area contributed by atoms with Crippen LogP contribution in [0.15, 0.2) is 54.7 Å². The van der Waals surface area contributed by atoms with Gasteiger partial charge in [0.1, 0.15) is 17.1 Å². The predicted octanol–water partition coefficient (Wildman–Crippen LogP) is 3.35. The van der Waals surface area contributed by atoms with Crippen molar-refractivity contribution in [2.75, 3.05) is 12.3 Å². The summed E-state index contributed by atoms with van der Waals surface area (Å²) in [4.78, 5) is 24.4. The Morgan fingerprint density at radius 2 is 1.77 bits per heavy atom. The molecule has 0 radical (unpaired) electrons. The third kappa shape index (κ3) is 5.42. The van der Waals surface area contributed by atoms with E-state index in [1.807, 2.05) is 38.1 Å². The first kappa shape index (κ1) is 21.9. The summed E-state index contributed by atoms with van der Waals surface area (Å²) in [6, 6.07) is 14.4. The number of nitrogens with one attached hydrogen (secondary N) is 1. The first-order valence-corrected chi connectivity index (χ1v) is 10.0. The van der Waals surface area contributed by atoms with Gasteiger partial charge in [0.05, 0.1) is 24.6 Å². The Labute approximate surface area is 181 Å². The standard InChI is InChI=1S/C23H26N4O4/c1-4-30-23(29)20-14-26-27(21(20)24)18-9-7-17(8-10-18)22(28)25-13-16-5-11-19(12-6-16)31-15(2)3/h5-12,14-15H,4,13,24H2,1-3H3,(H,25,28). The van der Waals surface area contributed by atoms with Crippen molar-refractivity contribution in [2.45, 2.75) is 33.4 Å². The summed E-state index contributed by atoms with van der Waals surface area (Å²) >= 11 is 0. The Morgan fingerprint density at radius 3 is 2.39 bits per heavy atom. The fraction of sp³-hybridized carbons (Fsp3) is 0.261. The number of hydrogen-bond acceptors (Lipinski definition) is 6. The first-order valence-electron chi connectivity index (χ1n) is 10.0. The molecule has 1 heterocycles. The van der Waals surface area contributed by atoms with Crippen LogP contribution in [0.25, 0.3) is 5.69 Å². The molecule has 0 saturated heterocycles. The average molecular weight is 422 g/mol. The monoisotopic (exact) mass is 422 g/mol. The van der Waals surface area contributed by atoms with Gasteiger partial charge in [-0.25, -0.2) is 9.48 Å². The van der Waals surface area contributed by atoms with Crippen LogP contribution in [-0.4, -0.2) is 34.4 Å². The zero-order valence-corrected chi connectivity index (χ0v) is 17.8. The van der Waals surface area contributed by atoms with Crippen molar-refractivity contribution < 1.29 is 19.1 Å². The topological polar surface area (TPSA) is 108 Å². The summed E-state index contributed by atoms with van der Waals surface area (Å²) in [5.41, 5.74) is 8.33. The van der Waals surface area contributed by atoms with Gasteiger partial charge in [-0.3, -0.25) is 4.79 Å². The lowest BCUT2D eigenvalue weighted by Gasteiger charge is -2.11. The Hall–Kier alpha value is -3.81. The van der Waals surface area contributed by atoms with Crippen molar-refractivity contribution in [1.82, 2.24) is 15.1 Å². The van der Waals surface area contributed by atoms with Gasteiger partial charge >= 0.3 is 5.97 Å². The first-order chi connectivity index (χ1) is 14.9. The van der Waals surface area contributed by atoms with Crippen LogP contribution in [0, 0.1) is 0 Å². The van der Waals surface area contributed by atoms with Crippen LogP contribution >= 0.6 is 0 Å². The summed E-state index contributed by atoms with van der Waals surface area (Å²) < 4.78 is 12.0. The number of rotatable bonds is 8. The highest BCUT2D eigenvalue weighted by Crippen LogP contribution is 2.19. The molecular formula is C23H26N4O4. The van der Waals surface area contributed by atoms with Crippen LogP contribution in [0.2, 0.25) is 0 Å². The second kappa shape index (κ2) is 9.80. The molecule has 0 bridgehead atoms. The maximum atomic E-state index is 12.5. The van der Waals surface area contributed by atoms with Crippen molar-refractivity contribution in [3.63, 3.8) is 0 Å². The van der Waals surface area contributed by atoms with Gasteiger partial charge in [0.2, 0.25) is 0 Å². The molecule has 3 aromatic rings. The zero-order valence-electron chi connectivity index (χ0n) is 17.8. The van der Waals surface area contributed by atoms with E-state index in [1.165, 1.54) is 10.9 Å². The van der Waals surface area contributed by atoms with Gasteiger partial charge in [-0.2, -0.15) is 5.10 Å². The number of esters is 1. The summed E-state index contributed by atoms with van der Waals surface area (Å²) in [7, 11) is 0. The summed E-state index contributed by atoms with van der Waals surface area (Å²) in [5.74, 6) is 0.256. The van der Waals surface area contributed by atoms with Crippen LogP contribution < -0.4 is 15.8 Å². The van der Waals surface area contributed by atoms with Gasteiger partial charge in [0.25, 0.3) is 5.91 Å². The highest BCUT2D eigenvalue weighted by atomic mass is 16.5. The van der Waals surface area contributed by atoms with Gasteiger partial charge in [-0.05, 0) is 62.7 Å². The van der Waals surface area contributed by atoms with Crippen molar-refractivity contribution >= 4 is 17.7 Å². The molecule has 162 valence electrons. The van der Waals surface area contributed by atoms with E-state index in [1.54, 1.807) is 31.2 Å². The van der Waals surface area contributed by atoms with Crippen LogP contribution in [0.4, 0.5) is 5.82 Å². The van der Waals surface area contributed by atoms with Gasteiger partial charge in [-0.1, -0.05) is 12.1 Å². The number of amides is 1. The van der Waals surface area contributed by atoms with Gasteiger partial charge in [0.15, 0.2) is 0 Å². The molecule has 3 rings (SSSR count). The minimum Gasteiger partial charge on any atom is -0.491 e. The number of carbonyl (C=O) groups is 2. The largest absolute Gasteiger partial charge is 0.491 e. The van der Waals surface area contributed by atoms with E-state index in [9.17, 15) is 9.59 Å². The number of benzene rings is 2. The molecule has 0 aliphatic rings. The van der Waals surface area contributed by atoms with Crippen LogP contribution in [0.3, 0.4) is 0 Å². The van der Waals surface area contributed by atoms with Crippen molar-refractivity contribution in [1.29, 1.82) is 0 Å². The number of aromatic nitrogens is 2. The Kier molecular flexibility index (Phi) is 6.92. The molecule has 0 aliphatic carbocycles. The molecule has 0 fully saturated rings. The van der Waals surface area contributed by atoms with Crippen LogP contribution in [0.1, 0.15) is 47.1 Å². The molecular weight excluding hydrogens is 396 g/mol. The number of nitrogen functional groups attached to an aromatic ring is 1. The lowest BCUT2D eigenvalue weighted by atomic mass is 10.1. The quantitative estimate of drug-likeness (QED) is 0.539. The number of nitrogens with two attached hydrogens (primary N) is 1. The lowest BCUT2D eigenvalue weighted by molar-refractivity contribution is 0.0527. The van der Waals surface area contributed by atoms with E-state index in [-0.39, 0.29) is 30.0 Å². The Morgan fingerprint density at radius 1 is 1.10 bits per heavy atom. The highest BCUT2D eigenvalue weighted by molar-refractivity contribution is 5.95. The van der Waals surface area contributed by atoms with E-state index in [0.717, 1.165) is 11.3 Å². The summed E-state index contributed by atoms with van der Waals surface area (Å²) in [5, 5.41) is 7.04. The maximum Gasteiger partial charge on any atom is 0.343 e. The van der Waals surface area contributed by atoms with Crippen molar-refractivity contribution in [3.05, 3.63) is 71.4 Å². The van der Waals surface area contributed by atoms with Crippen molar-refractivity contribution in [2.24, 2.45) is 0 Å². The van der Waals surface area contributed by atoms with Gasteiger partial charge in [0, 0.05) is 12.1 Å². The minimum absolute atomic E-state index is 0.113. The molecule has 0 unspecified atom stereocenters. The molecule has 8 heteroatoms. The molecule has 0 spiro atoms. The van der Waals surface area contributed by atoms with Crippen LogP contribution in [0.5, 0.6) is 5.75 Å². The number of carbonyl (C=O) groups excluding carboxylic acids is 2. The van der Waals surface area contributed by atoms with E-state index < -0.39 is 5.97 Å². The summed E-state index contributed by atoms with van der Waals surface area (Å²) in [6.07, 6.45) is 1.48. The smallest absolute Gasteiger partial charge is 0.343 e. The second-order valence-corrected chi connectivity index (χ2v) is 7.12. The molecule has 3 N–H and O–H groups in total. The van der Waals surface area contributed by atoms with E-state index in [2.05, 4.69) is 10.4 Å². The fourth-order valence-corrected chi connectivity index (χ4v) is 2.93. The van der Waals surface area contributed by atoms with E-state index in [4.69, 9.17) is 15.2 Å². The molecule has 8 nitrogen and oxygen atoms in total. The SMILES string of the molecule is CCOC(=O)c1cnn(-c2ccc(C(=O)NCc3ccc(OC(C)C)cc3)cc2)c1N. The maximum absolute atomic E-state index is 12.5.